The summed E-state index contributed by atoms with van der Waals surface area (Å²) in [7, 11) is 1.65. The van der Waals surface area contributed by atoms with Gasteiger partial charge in [0.25, 0.3) is 0 Å². The molecular weight excluding hydrogens is 259 g/mol. The van der Waals surface area contributed by atoms with Crippen molar-refractivity contribution in [1.29, 1.82) is 0 Å². The fraction of sp³-hybridized carbons (Fsp3) is 1.00. The summed E-state index contributed by atoms with van der Waals surface area (Å²) in [5.74, 6) is 0. The van der Waals surface area contributed by atoms with Crippen molar-refractivity contribution in [2.75, 3.05) is 40.0 Å². The summed E-state index contributed by atoms with van der Waals surface area (Å²) in [6.07, 6.45) is 0.934. The lowest BCUT2D eigenvalue weighted by Gasteiger charge is -2.29. The highest BCUT2D eigenvalue weighted by Crippen LogP contribution is 2.40. The number of hydrogen-bond donors (Lipinski definition) is 1. The summed E-state index contributed by atoms with van der Waals surface area (Å²) in [6.45, 7) is 1.32. The maximum absolute atomic E-state index is 12.0. The van der Waals surface area contributed by atoms with Crippen LogP contribution in [0.4, 0.5) is 13.2 Å². The number of methoxy groups -OCH3 is 1. The van der Waals surface area contributed by atoms with Crippen LogP contribution in [0.15, 0.2) is 0 Å². The summed E-state index contributed by atoms with van der Waals surface area (Å²) in [5.41, 5.74) is 0.110. The van der Waals surface area contributed by atoms with Gasteiger partial charge in [0, 0.05) is 26.8 Å². The summed E-state index contributed by atoms with van der Waals surface area (Å²) in [6, 6.07) is 0. The van der Waals surface area contributed by atoms with Gasteiger partial charge in [-0.2, -0.15) is 13.2 Å². The van der Waals surface area contributed by atoms with E-state index in [2.05, 4.69) is 5.32 Å². The molecule has 19 heavy (non-hydrogen) atoms. The van der Waals surface area contributed by atoms with Crippen LogP contribution in [-0.4, -0.2) is 46.2 Å². The Morgan fingerprint density at radius 1 is 1.16 bits per heavy atom. The average Bonchev–Trinajstić information content (AvgIpc) is 2.79. The third kappa shape index (κ3) is 7.13. The molecule has 1 fully saturated rings. The molecule has 6 heteroatoms. The van der Waals surface area contributed by atoms with Gasteiger partial charge in [0.2, 0.25) is 0 Å². The molecule has 1 rings (SSSR count). The second-order valence-electron chi connectivity index (χ2n) is 5.29. The fourth-order valence-electron chi connectivity index (χ4n) is 2.64. The first-order valence-electron chi connectivity index (χ1n) is 6.82. The molecule has 0 heterocycles. The smallest absolute Gasteiger partial charge is 0.383 e. The predicted molar refractivity (Wildman–Crippen MR) is 67.1 cm³/mol. The van der Waals surface area contributed by atoms with E-state index in [0.717, 1.165) is 38.8 Å². The largest absolute Gasteiger partial charge is 0.411 e. The van der Waals surface area contributed by atoms with Crippen molar-refractivity contribution >= 4 is 0 Å². The van der Waals surface area contributed by atoms with E-state index in [1.807, 2.05) is 0 Å². The monoisotopic (exact) mass is 283 g/mol. The second-order valence-corrected chi connectivity index (χ2v) is 5.29. The van der Waals surface area contributed by atoms with E-state index in [-0.39, 0.29) is 12.0 Å². The van der Waals surface area contributed by atoms with Crippen LogP contribution in [-0.2, 0) is 9.47 Å². The zero-order valence-corrected chi connectivity index (χ0v) is 11.5. The maximum Gasteiger partial charge on any atom is 0.411 e. The number of nitrogens with one attached hydrogen (secondary N) is 1. The van der Waals surface area contributed by atoms with Gasteiger partial charge in [-0.3, -0.25) is 0 Å². The first-order valence-corrected chi connectivity index (χ1v) is 6.82. The zero-order valence-electron chi connectivity index (χ0n) is 11.5. The molecule has 1 aliphatic rings. The Hall–Kier alpha value is -0.330. The zero-order chi connectivity index (χ0) is 14.2. The number of halogens is 3. The summed E-state index contributed by atoms with van der Waals surface area (Å²) in [4.78, 5) is 0. The van der Waals surface area contributed by atoms with Crippen LogP contribution >= 0.6 is 0 Å². The molecule has 1 N–H and O–H groups in total. The summed E-state index contributed by atoms with van der Waals surface area (Å²) in [5, 5.41) is 3.32. The molecule has 114 valence electrons. The van der Waals surface area contributed by atoms with Crippen molar-refractivity contribution in [3.8, 4) is 0 Å². The van der Waals surface area contributed by atoms with Gasteiger partial charge in [-0.1, -0.05) is 12.8 Å². The van der Waals surface area contributed by atoms with Crippen LogP contribution in [0.5, 0.6) is 0 Å². The van der Waals surface area contributed by atoms with Gasteiger partial charge in [0.15, 0.2) is 0 Å². The summed E-state index contributed by atoms with van der Waals surface area (Å²) >= 11 is 0. The van der Waals surface area contributed by atoms with Crippen LogP contribution in [0.3, 0.4) is 0 Å². The second kappa shape index (κ2) is 8.07. The SMILES string of the molecule is COCCNCC1(CCOCC(F)(F)F)CCCC1. The molecule has 0 saturated heterocycles. The third-order valence-electron chi connectivity index (χ3n) is 3.69. The Morgan fingerprint density at radius 3 is 2.42 bits per heavy atom. The van der Waals surface area contributed by atoms with Gasteiger partial charge in [-0.05, 0) is 24.7 Å². The minimum atomic E-state index is -4.22. The molecule has 1 saturated carbocycles. The standard InChI is InChI=1S/C13H24F3NO2/c1-18-9-7-17-10-12(4-2-3-5-12)6-8-19-11-13(14,15)16/h17H,2-11H2,1H3. The number of hydrogen-bond acceptors (Lipinski definition) is 3. The Labute approximate surface area is 112 Å². The van der Waals surface area contributed by atoms with E-state index in [9.17, 15) is 13.2 Å². The average molecular weight is 283 g/mol. The molecule has 0 aromatic rings. The first kappa shape index (κ1) is 16.7. The molecule has 0 atom stereocenters. The molecule has 0 radical (unpaired) electrons. The van der Waals surface area contributed by atoms with E-state index in [0.29, 0.717) is 13.0 Å². The molecule has 0 amide bonds. The van der Waals surface area contributed by atoms with E-state index < -0.39 is 12.8 Å². The van der Waals surface area contributed by atoms with E-state index in [1.165, 1.54) is 0 Å². The van der Waals surface area contributed by atoms with Crippen molar-refractivity contribution in [2.24, 2.45) is 5.41 Å². The first-order chi connectivity index (χ1) is 8.97. The van der Waals surface area contributed by atoms with Crippen LogP contribution in [0.25, 0.3) is 0 Å². The molecule has 0 aromatic heterocycles. The molecule has 0 aliphatic heterocycles. The third-order valence-corrected chi connectivity index (χ3v) is 3.69. The van der Waals surface area contributed by atoms with Gasteiger partial charge >= 0.3 is 6.18 Å². The lowest BCUT2D eigenvalue weighted by molar-refractivity contribution is -0.175. The Bertz CT molecular complexity index is 241. The highest BCUT2D eigenvalue weighted by molar-refractivity contribution is 4.86. The van der Waals surface area contributed by atoms with E-state index >= 15 is 0 Å². The minimum absolute atomic E-state index is 0.110. The quantitative estimate of drug-likeness (QED) is 0.660. The van der Waals surface area contributed by atoms with Crippen molar-refractivity contribution in [3.05, 3.63) is 0 Å². The Kier molecular flexibility index (Phi) is 7.10. The van der Waals surface area contributed by atoms with E-state index in [4.69, 9.17) is 9.47 Å². The molecule has 0 aromatic carbocycles. The molecule has 0 bridgehead atoms. The molecule has 0 unspecified atom stereocenters. The number of alkyl halides is 3. The Morgan fingerprint density at radius 2 is 1.84 bits per heavy atom. The maximum atomic E-state index is 12.0. The van der Waals surface area contributed by atoms with Crippen LogP contribution in [0.2, 0.25) is 0 Å². The molecular formula is C13H24F3NO2. The minimum Gasteiger partial charge on any atom is -0.383 e. The van der Waals surface area contributed by atoms with Gasteiger partial charge in [0.05, 0.1) is 6.61 Å². The van der Waals surface area contributed by atoms with Gasteiger partial charge in [-0.15, -0.1) is 0 Å². The van der Waals surface area contributed by atoms with Gasteiger partial charge in [0.1, 0.15) is 6.61 Å². The summed E-state index contributed by atoms with van der Waals surface area (Å²) < 4.78 is 45.7. The van der Waals surface area contributed by atoms with Crippen molar-refractivity contribution < 1.29 is 22.6 Å². The van der Waals surface area contributed by atoms with Crippen molar-refractivity contribution in [3.63, 3.8) is 0 Å². The van der Waals surface area contributed by atoms with Crippen molar-refractivity contribution in [1.82, 2.24) is 5.32 Å². The van der Waals surface area contributed by atoms with Crippen LogP contribution in [0, 0.1) is 5.41 Å². The van der Waals surface area contributed by atoms with Gasteiger partial charge in [-0.25, -0.2) is 0 Å². The van der Waals surface area contributed by atoms with E-state index in [1.54, 1.807) is 7.11 Å². The highest BCUT2D eigenvalue weighted by Gasteiger charge is 2.34. The highest BCUT2D eigenvalue weighted by atomic mass is 19.4. The number of rotatable bonds is 9. The Balaban J connectivity index is 2.23. The lowest BCUT2D eigenvalue weighted by atomic mass is 9.83. The van der Waals surface area contributed by atoms with Gasteiger partial charge < -0.3 is 14.8 Å². The van der Waals surface area contributed by atoms with Crippen molar-refractivity contribution in [2.45, 2.75) is 38.3 Å². The van der Waals surface area contributed by atoms with Crippen LogP contribution in [0.1, 0.15) is 32.1 Å². The normalized spacial score (nSPS) is 18.9. The molecule has 3 nitrogen and oxygen atoms in total. The van der Waals surface area contributed by atoms with Crippen LogP contribution < -0.4 is 5.32 Å². The number of ether oxygens (including phenoxy) is 2. The fourth-order valence-corrected chi connectivity index (χ4v) is 2.64. The molecule has 1 aliphatic carbocycles. The topological polar surface area (TPSA) is 30.5 Å². The lowest BCUT2D eigenvalue weighted by Crippen LogP contribution is -2.35. The molecule has 0 spiro atoms. The predicted octanol–water partition coefficient (Wildman–Crippen LogP) is 2.75.